The highest BCUT2D eigenvalue weighted by Crippen LogP contribution is 2.38. The van der Waals surface area contributed by atoms with Crippen molar-refractivity contribution < 1.29 is 9.53 Å². The second-order valence-electron chi connectivity index (χ2n) is 4.95. The molecule has 0 aliphatic carbocycles. The predicted octanol–water partition coefficient (Wildman–Crippen LogP) is 3.46. The molecule has 20 heavy (non-hydrogen) atoms. The molecule has 4 nitrogen and oxygen atoms in total. The zero-order chi connectivity index (χ0) is 14.1. The smallest absolute Gasteiger partial charge is 0.221 e. The minimum atomic E-state index is -0.182. The van der Waals surface area contributed by atoms with Crippen molar-refractivity contribution in [2.75, 3.05) is 10.6 Å². The molecule has 0 radical (unpaired) electrons. The van der Waals surface area contributed by atoms with Crippen molar-refractivity contribution in [1.82, 2.24) is 0 Å². The summed E-state index contributed by atoms with van der Waals surface area (Å²) in [5.41, 5.74) is 4.02. The molecule has 0 saturated heterocycles. The zero-order valence-corrected chi connectivity index (χ0v) is 11.4. The number of carbonyl (C=O) groups is 1. The molecule has 0 saturated carbocycles. The third-order valence-electron chi connectivity index (χ3n) is 3.20. The summed E-state index contributed by atoms with van der Waals surface area (Å²) in [7, 11) is 0. The van der Waals surface area contributed by atoms with Crippen molar-refractivity contribution in [2.24, 2.45) is 0 Å². The summed E-state index contributed by atoms with van der Waals surface area (Å²) in [6, 6.07) is 13.7. The van der Waals surface area contributed by atoms with Gasteiger partial charge >= 0.3 is 0 Å². The first-order valence-corrected chi connectivity index (χ1v) is 6.53. The predicted molar refractivity (Wildman–Crippen MR) is 78.9 cm³/mol. The summed E-state index contributed by atoms with van der Waals surface area (Å²) < 4.78 is 5.87. The Morgan fingerprint density at radius 1 is 1.20 bits per heavy atom. The van der Waals surface area contributed by atoms with Crippen LogP contribution in [0.15, 0.2) is 42.5 Å². The molecule has 3 rings (SSSR count). The summed E-state index contributed by atoms with van der Waals surface area (Å²) in [5.74, 6) is 0.794. The Kier molecular flexibility index (Phi) is 3.06. The highest BCUT2D eigenvalue weighted by atomic mass is 16.5. The van der Waals surface area contributed by atoms with Crippen molar-refractivity contribution >= 4 is 17.3 Å². The van der Waals surface area contributed by atoms with Crippen LogP contribution in [0.4, 0.5) is 11.4 Å². The molecule has 4 heteroatoms. The molecule has 0 aromatic heterocycles. The van der Waals surface area contributed by atoms with Gasteiger partial charge in [-0.3, -0.25) is 4.79 Å². The van der Waals surface area contributed by atoms with Crippen LogP contribution < -0.4 is 15.4 Å². The third-order valence-corrected chi connectivity index (χ3v) is 3.20. The molecule has 102 valence electrons. The summed E-state index contributed by atoms with van der Waals surface area (Å²) in [6.07, 6.45) is -0.182. The Morgan fingerprint density at radius 2 is 1.95 bits per heavy atom. The minimum Gasteiger partial charge on any atom is -0.464 e. The summed E-state index contributed by atoms with van der Waals surface area (Å²) in [4.78, 5) is 11.0. The van der Waals surface area contributed by atoms with Crippen LogP contribution in [-0.2, 0) is 4.79 Å². The van der Waals surface area contributed by atoms with E-state index in [1.165, 1.54) is 12.5 Å². The van der Waals surface area contributed by atoms with Gasteiger partial charge in [0.05, 0.1) is 5.69 Å². The lowest BCUT2D eigenvalue weighted by atomic mass is 10.1. The maximum absolute atomic E-state index is 11.0. The van der Waals surface area contributed by atoms with E-state index in [0.29, 0.717) is 0 Å². The molecule has 0 bridgehead atoms. The van der Waals surface area contributed by atoms with Crippen LogP contribution in [0.3, 0.4) is 0 Å². The van der Waals surface area contributed by atoms with Crippen LogP contribution in [-0.4, -0.2) is 5.91 Å². The molecule has 0 fully saturated rings. The van der Waals surface area contributed by atoms with E-state index < -0.39 is 0 Å². The first-order valence-electron chi connectivity index (χ1n) is 6.53. The number of anilines is 2. The number of aryl methyl sites for hydroxylation is 1. The van der Waals surface area contributed by atoms with E-state index in [1.54, 1.807) is 0 Å². The number of hydrogen-bond donors (Lipinski definition) is 2. The maximum atomic E-state index is 11.0. The second kappa shape index (κ2) is 4.89. The number of benzene rings is 2. The Balaban J connectivity index is 1.77. The standard InChI is InChI=1S/C16H16N2O2/c1-10-3-8-15-14(9-10)18-16(20-15)12-4-6-13(7-5-12)17-11(2)19/h3-9,16,18H,1-2H3,(H,17,19). The maximum Gasteiger partial charge on any atom is 0.221 e. The monoisotopic (exact) mass is 268 g/mol. The average molecular weight is 268 g/mol. The first kappa shape index (κ1) is 12.5. The van der Waals surface area contributed by atoms with Crippen LogP contribution in [0.5, 0.6) is 5.75 Å². The molecule has 1 heterocycles. The number of ether oxygens (including phenoxy) is 1. The van der Waals surface area contributed by atoms with Crippen LogP contribution >= 0.6 is 0 Å². The van der Waals surface area contributed by atoms with Crippen molar-refractivity contribution in [3.8, 4) is 5.75 Å². The Labute approximate surface area is 117 Å². The largest absolute Gasteiger partial charge is 0.464 e. The molecule has 2 N–H and O–H groups in total. The first-order chi connectivity index (χ1) is 9.61. The van der Waals surface area contributed by atoms with E-state index in [9.17, 15) is 4.79 Å². The van der Waals surface area contributed by atoms with Gasteiger partial charge in [0.1, 0.15) is 5.75 Å². The quantitative estimate of drug-likeness (QED) is 0.877. The fraction of sp³-hybridized carbons (Fsp3) is 0.188. The summed E-state index contributed by atoms with van der Waals surface area (Å²) >= 11 is 0. The second-order valence-corrected chi connectivity index (χ2v) is 4.95. The lowest BCUT2D eigenvalue weighted by molar-refractivity contribution is -0.114. The highest BCUT2D eigenvalue weighted by molar-refractivity contribution is 5.88. The SMILES string of the molecule is CC(=O)Nc1ccc(C2Nc3cc(C)ccc3O2)cc1. The molecule has 1 amide bonds. The number of rotatable bonds is 2. The van der Waals surface area contributed by atoms with Crippen LogP contribution in [0.25, 0.3) is 0 Å². The van der Waals surface area contributed by atoms with Gasteiger partial charge in [-0.05, 0) is 36.8 Å². The zero-order valence-electron chi connectivity index (χ0n) is 11.4. The molecule has 1 unspecified atom stereocenters. The van der Waals surface area contributed by atoms with Crippen LogP contribution in [0.1, 0.15) is 24.3 Å². The van der Waals surface area contributed by atoms with E-state index in [0.717, 1.165) is 22.7 Å². The molecule has 1 aliphatic rings. The molecule has 1 atom stereocenters. The molecule has 0 spiro atoms. The Bertz CT molecular complexity index is 650. The number of fused-ring (bicyclic) bond motifs is 1. The lowest BCUT2D eigenvalue weighted by Gasteiger charge is -2.12. The lowest BCUT2D eigenvalue weighted by Crippen LogP contribution is -2.10. The fourth-order valence-electron chi connectivity index (χ4n) is 2.25. The number of carbonyl (C=O) groups excluding carboxylic acids is 1. The van der Waals surface area contributed by atoms with Crippen LogP contribution in [0.2, 0.25) is 0 Å². The number of nitrogens with one attached hydrogen (secondary N) is 2. The number of hydrogen-bond acceptors (Lipinski definition) is 3. The van der Waals surface area contributed by atoms with Crippen molar-refractivity contribution in [3.63, 3.8) is 0 Å². The molecule has 1 aliphatic heterocycles. The molecule has 2 aromatic carbocycles. The molecular weight excluding hydrogens is 252 g/mol. The molecular formula is C16H16N2O2. The van der Waals surface area contributed by atoms with Crippen molar-refractivity contribution in [3.05, 3.63) is 53.6 Å². The van der Waals surface area contributed by atoms with E-state index >= 15 is 0 Å². The van der Waals surface area contributed by atoms with Gasteiger partial charge in [0.25, 0.3) is 0 Å². The fourth-order valence-corrected chi connectivity index (χ4v) is 2.25. The highest BCUT2D eigenvalue weighted by Gasteiger charge is 2.23. The van der Waals surface area contributed by atoms with Gasteiger partial charge in [-0.2, -0.15) is 0 Å². The van der Waals surface area contributed by atoms with E-state index in [-0.39, 0.29) is 12.1 Å². The average Bonchev–Trinajstić information content (AvgIpc) is 2.81. The van der Waals surface area contributed by atoms with E-state index in [2.05, 4.69) is 23.6 Å². The normalized spacial score (nSPS) is 16.0. The van der Waals surface area contributed by atoms with Crippen LogP contribution in [0, 0.1) is 6.92 Å². The van der Waals surface area contributed by atoms with Crippen molar-refractivity contribution in [1.29, 1.82) is 0 Å². The Morgan fingerprint density at radius 3 is 2.65 bits per heavy atom. The number of amides is 1. The molecule has 2 aromatic rings. The van der Waals surface area contributed by atoms with Gasteiger partial charge in [-0.15, -0.1) is 0 Å². The van der Waals surface area contributed by atoms with Gasteiger partial charge in [0.2, 0.25) is 5.91 Å². The topological polar surface area (TPSA) is 50.4 Å². The van der Waals surface area contributed by atoms with E-state index in [1.807, 2.05) is 36.4 Å². The van der Waals surface area contributed by atoms with E-state index in [4.69, 9.17) is 4.74 Å². The Hall–Kier alpha value is -2.49. The third kappa shape index (κ3) is 2.45. The van der Waals surface area contributed by atoms with Gasteiger partial charge in [-0.25, -0.2) is 0 Å². The summed E-state index contributed by atoms with van der Waals surface area (Å²) in [5, 5.41) is 6.09. The minimum absolute atomic E-state index is 0.0733. The summed E-state index contributed by atoms with van der Waals surface area (Å²) in [6.45, 7) is 3.55. The van der Waals surface area contributed by atoms with Gasteiger partial charge < -0.3 is 15.4 Å². The van der Waals surface area contributed by atoms with Gasteiger partial charge in [0, 0.05) is 18.2 Å². The van der Waals surface area contributed by atoms with Gasteiger partial charge in [-0.1, -0.05) is 18.2 Å². The van der Waals surface area contributed by atoms with Crippen molar-refractivity contribution in [2.45, 2.75) is 20.1 Å². The van der Waals surface area contributed by atoms with Gasteiger partial charge in [0.15, 0.2) is 6.23 Å².